The first-order valence-electron chi connectivity index (χ1n) is 6.92. The number of aliphatic carboxylic acids is 1. The number of rotatable bonds is 3. The van der Waals surface area contributed by atoms with Gasteiger partial charge in [0.2, 0.25) is 5.91 Å². The fourth-order valence-corrected chi connectivity index (χ4v) is 3.09. The average Bonchev–Trinajstić information content (AvgIpc) is 3.08. The quantitative estimate of drug-likeness (QED) is 0.812. The van der Waals surface area contributed by atoms with Gasteiger partial charge >= 0.3 is 12.1 Å². The molecule has 0 saturated carbocycles. The number of halogens is 4. The number of amides is 1. The van der Waals surface area contributed by atoms with Crippen molar-refractivity contribution >= 4 is 29.2 Å². The number of carboxylic acids is 1. The van der Waals surface area contributed by atoms with Crippen molar-refractivity contribution in [1.29, 1.82) is 0 Å². The molecule has 1 amide bonds. The van der Waals surface area contributed by atoms with Gasteiger partial charge in [-0.15, -0.1) is 0 Å². The first-order chi connectivity index (χ1) is 11.2. The van der Waals surface area contributed by atoms with Gasteiger partial charge in [0, 0.05) is 0 Å². The third-order valence-corrected chi connectivity index (χ3v) is 4.37. The van der Waals surface area contributed by atoms with Crippen LogP contribution in [0.25, 0.3) is 0 Å². The molecular weight excluding hydrogens is 351 g/mol. The molecule has 1 aromatic carbocycles. The van der Waals surface area contributed by atoms with E-state index in [2.05, 4.69) is 5.32 Å². The number of nitrogens with one attached hydrogen (secondary N) is 1. The largest absolute Gasteiger partial charge is 0.481 e. The van der Waals surface area contributed by atoms with Crippen LogP contribution in [0, 0.1) is 11.8 Å². The van der Waals surface area contributed by atoms with Crippen LogP contribution in [0.1, 0.15) is 5.56 Å². The van der Waals surface area contributed by atoms with Crippen molar-refractivity contribution in [3.63, 3.8) is 0 Å². The Balaban J connectivity index is 1.85. The van der Waals surface area contributed by atoms with Gasteiger partial charge in [-0.2, -0.15) is 13.2 Å². The molecule has 2 N–H and O–H groups in total. The maximum Gasteiger partial charge on any atom is 0.416 e. The van der Waals surface area contributed by atoms with Crippen LogP contribution >= 0.6 is 11.6 Å². The second-order valence-electron chi connectivity index (χ2n) is 5.52. The third kappa shape index (κ3) is 2.87. The Morgan fingerprint density at radius 3 is 2.38 bits per heavy atom. The minimum Gasteiger partial charge on any atom is -0.481 e. The van der Waals surface area contributed by atoms with E-state index in [1.54, 1.807) is 12.2 Å². The summed E-state index contributed by atoms with van der Waals surface area (Å²) < 4.78 is 43.7. The third-order valence-electron chi connectivity index (χ3n) is 4.04. The van der Waals surface area contributed by atoms with Crippen LogP contribution in [0.2, 0.25) is 5.02 Å². The lowest BCUT2D eigenvalue weighted by Crippen LogP contribution is -2.39. The van der Waals surface area contributed by atoms with Crippen molar-refractivity contribution in [3.8, 4) is 0 Å². The van der Waals surface area contributed by atoms with Crippen LogP contribution in [0.3, 0.4) is 0 Å². The smallest absolute Gasteiger partial charge is 0.416 e. The minimum absolute atomic E-state index is 0.0807. The number of carbonyl (C=O) groups is 2. The molecule has 4 atom stereocenters. The number of alkyl halides is 3. The molecule has 2 aliphatic heterocycles. The molecule has 9 heteroatoms. The second kappa shape index (κ2) is 5.78. The number of carboxylic acid groups (broad SMARTS) is 1. The van der Waals surface area contributed by atoms with E-state index in [0.717, 1.165) is 12.1 Å². The van der Waals surface area contributed by atoms with Gasteiger partial charge in [-0.3, -0.25) is 9.59 Å². The Kier molecular flexibility index (Phi) is 4.05. The van der Waals surface area contributed by atoms with Crippen molar-refractivity contribution in [1.82, 2.24) is 0 Å². The van der Waals surface area contributed by atoms with Crippen LogP contribution < -0.4 is 5.32 Å². The van der Waals surface area contributed by atoms with Gasteiger partial charge in [-0.25, -0.2) is 0 Å². The predicted molar refractivity (Wildman–Crippen MR) is 77.5 cm³/mol. The zero-order chi connectivity index (χ0) is 17.6. The van der Waals surface area contributed by atoms with Crippen molar-refractivity contribution in [2.24, 2.45) is 11.8 Å². The molecule has 2 bridgehead atoms. The lowest BCUT2D eigenvalue weighted by molar-refractivity contribution is -0.145. The molecule has 24 heavy (non-hydrogen) atoms. The summed E-state index contributed by atoms with van der Waals surface area (Å²) in [5.74, 6) is -4.09. The predicted octanol–water partition coefficient (Wildman–Crippen LogP) is 2.95. The standard InChI is InChI=1S/C15H11ClF3NO4/c16-7-2-1-6(15(17,18)19)5-8(7)20-13(21)11-9-3-4-10(24-9)12(11)14(22)23/h1-5,9-12H,(H,20,21)(H,22,23)/t9-,10-,11+,12-/m1/s1. The monoisotopic (exact) mass is 361 g/mol. The lowest BCUT2D eigenvalue weighted by atomic mass is 9.82. The number of anilines is 1. The summed E-state index contributed by atoms with van der Waals surface area (Å²) >= 11 is 5.83. The molecule has 0 spiro atoms. The van der Waals surface area contributed by atoms with E-state index < -0.39 is 47.7 Å². The molecular formula is C15H11ClF3NO4. The maximum atomic E-state index is 12.8. The molecule has 128 valence electrons. The Morgan fingerprint density at radius 2 is 1.79 bits per heavy atom. The van der Waals surface area contributed by atoms with E-state index in [4.69, 9.17) is 16.3 Å². The molecule has 3 rings (SSSR count). The summed E-state index contributed by atoms with van der Waals surface area (Å²) in [6.45, 7) is 0. The second-order valence-corrected chi connectivity index (χ2v) is 5.93. The number of ether oxygens (including phenoxy) is 1. The summed E-state index contributed by atoms with van der Waals surface area (Å²) in [6, 6.07) is 2.52. The fourth-order valence-electron chi connectivity index (χ4n) is 2.93. The maximum absolute atomic E-state index is 12.8. The Morgan fingerprint density at radius 1 is 1.17 bits per heavy atom. The van der Waals surface area contributed by atoms with Crippen LogP contribution in [0.5, 0.6) is 0 Å². The number of benzene rings is 1. The van der Waals surface area contributed by atoms with E-state index in [-0.39, 0.29) is 10.7 Å². The Labute approximate surface area is 139 Å². The molecule has 0 aromatic heterocycles. The Bertz CT molecular complexity index is 734. The molecule has 1 fully saturated rings. The highest BCUT2D eigenvalue weighted by Gasteiger charge is 2.53. The molecule has 2 aliphatic rings. The van der Waals surface area contributed by atoms with Crippen molar-refractivity contribution in [2.45, 2.75) is 18.4 Å². The van der Waals surface area contributed by atoms with Gasteiger partial charge in [-0.1, -0.05) is 23.8 Å². The zero-order valence-corrected chi connectivity index (χ0v) is 12.6. The normalized spacial score (nSPS) is 28.2. The van der Waals surface area contributed by atoms with Crippen LogP contribution in [0.4, 0.5) is 18.9 Å². The minimum atomic E-state index is -4.59. The lowest BCUT2D eigenvalue weighted by Gasteiger charge is -2.21. The van der Waals surface area contributed by atoms with Crippen molar-refractivity contribution < 1.29 is 32.6 Å². The van der Waals surface area contributed by atoms with Gasteiger partial charge < -0.3 is 15.2 Å². The summed E-state index contributed by atoms with van der Waals surface area (Å²) in [5, 5.41) is 11.5. The average molecular weight is 362 g/mol. The first-order valence-corrected chi connectivity index (χ1v) is 7.30. The molecule has 0 unspecified atom stereocenters. The van der Waals surface area contributed by atoms with E-state index in [0.29, 0.717) is 6.07 Å². The number of hydrogen-bond donors (Lipinski definition) is 2. The van der Waals surface area contributed by atoms with Gasteiger partial charge in [-0.05, 0) is 18.2 Å². The molecule has 5 nitrogen and oxygen atoms in total. The summed E-state index contributed by atoms with van der Waals surface area (Å²) in [6.07, 6.45) is -2.90. The van der Waals surface area contributed by atoms with E-state index >= 15 is 0 Å². The van der Waals surface area contributed by atoms with Crippen LogP contribution in [-0.4, -0.2) is 29.2 Å². The van der Waals surface area contributed by atoms with Gasteiger partial charge in [0.15, 0.2) is 0 Å². The molecule has 0 aliphatic carbocycles. The van der Waals surface area contributed by atoms with Crippen molar-refractivity contribution in [2.75, 3.05) is 5.32 Å². The molecule has 0 radical (unpaired) electrons. The van der Waals surface area contributed by atoms with Crippen molar-refractivity contribution in [3.05, 3.63) is 40.9 Å². The first kappa shape index (κ1) is 16.8. The van der Waals surface area contributed by atoms with Gasteiger partial charge in [0.1, 0.15) is 5.92 Å². The highest BCUT2D eigenvalue weighted by molar-refractivity contribution is 6.33. The Hall–Kier alpha value is -2.06. The summed E-state index contributed by atoms with van der Waals surface area (Å²) in [4.78, 5) is 23.7. The zero-order valence-electron chi connectivity index (χ0n) is 11.9. The fraction of sp³-hybridized carbons (Fsp3) is 0.333. The van der Waals surface area contributed by atoms with Crippen LogP contribution in [-0.2, 0) is 20.5 Å². The highest BCUT2D eigenvalue weighted by atomic mass is 35.5. The molecule has 1 aromatic rings. The summed E-state index contributed by atoms with van der Waals surface area (Å²) in [7, 11) is 0. The number of hydrogen-bond acceptors (Lipinski definition) is 3. The topological polar surface area (TPSA) is 75.6 Å². The number of carbonyl (C=O) groups excluding carboxylic acids is 1. The summed E-state index contributed by atoms with van der Waals surface area (Å²) in [5.41, 5.74) is -1.20. The molecule has 1 saturated heterocycles. The van der Waals surface area contributed by atoms with E-state index in [1.165, 1.54) is 0 Å². The highest BCUT2D eigenvalue weighted by Crippen LogP contribution is 2.40. The van der Waals surface area contributed by atoms with E-state index in [9.17, 15) is 27.9 Å². The van der Waals surface area contributed by atoms with Gasteiger partial charge in [0.25, 0.3) is 0 Å². The van der Waals surface area contributed by atoms with Crippen LogP contribution in [0.15, 0.2) is 30.4 Å². The van der Waals surface area contributed by atoms with E-state index in [1.807, 2.05) is 0 Å². The molecule has 2 heterocycles. The SMILES string of the molecule is O=C(Nc1cc(C(F)(F)F)ccc1Cl)[C@@H]1[C@H](C(=O)O)[C@H]2C=C[C@H]1O2. The van der Waals surface area contributed by atoms with Gasteiger partial charge in [0.05, 0.1) is 34.4 Å². The number of fused-ring (bicyclic) bond motifs is 2.